The molecule has 0 atom stereocenters. The predicted molar refractivity (Wildman–Crippen MR) is 105 cm³/mol. The number of ether oxygens (including phenoxy) is 1. The maximum atomic E-state index is 5.62. The zero-order valence-corrected chi connectivity index (χ0v) is 15.4. The molecule has 0 unspecified atom stereocenters. The summed E-state index contributed by atoms with van der Waals surface area (Å²) in [6.07, 6.45) is 8.07. The van der Waals surface area contributed by atoms with Crippen molar-refractivity contribution in [3.8, 4) is 17.6 Å². The van der Waals surface area contributed by atoms with E-state index in [9.17, 15) is 0 Å². The number of hydrogen-bond donors (Lipinski definition) is 0. The molecule has 1 saturated carbocycles. The van der Waals surface area contributed by atoms with Gasteiger partial charge in [0.2, 0.25) is 0 Å². The minimum absolute atomic E-state index is 0.679. The maximum absolute atomic E-state index is 5.62. The molecule has 1 nitrogen and oxygen atoms in total. The fourth-order valence-electron chi connectivity index (χ4n) is 3.92. The van der Waals surface area contributed by atoms with Gasteiger partial charge in [-0.15, -0.1) is 0 Å². The first-order chi connectivity index (χ1) is 12.3. The highest BCUT2D eigenvalue weighted by Crippen LogP contribution is 2.38. The molecule has 0 bridgehead atoms. The molecule has 3 rings (SSSR count). The summed E-state index contributed by atoms with van der Waals surface area (Å²) in [4.78, 5) is 0. The van der Waals surface area contributed by atoms with Crippen molar-refractivity contribution in [2.45, 2.75) is 51.4 Å². The maximum Gasteiger partial charge on any atom is 0.134 e. The summed E-state index contributed by atoms with van der Waals surface area (Å²) >= 11 is 0. The van der Waals surface area contributed by atoms with Gasteiger partial charge in [0.1, 0.15) is 5.75 Å². The fourth-order valence-corrected chi connectivity index (χ4v) is 3.92. The van der Waals surface area contributed by atoms with Gasteiger partial charge in [-0.1, -0.05) is 55.9 Å². The van der Waals surface area contributed by atoms with Gasteiger partial charge in [-0.05, 0) is 67.3 Å². The molecule has 0 heterocycles. The largest absolute Gasteiger partial charge is 0.495 e. The van der Waals surface area contributed by atoms with E-state index < -0.39 is 0 Å². The second kappa shape index (κ2) is 8.77. The molecule has 2 aromatic carbocycles. The first-order valence-corrected chi connectivity index (χ1v) is 9.55. The lowest BCUT2D eigenvalue weighted by atomic mass is 9.77. The van der Waals surface area contributed by atoms with Gasteiger partial charge in [-0.2, -0.15) is 0 Å². The molecule has 0 saturated heterocycles. The minimum atomic E-state index is 0.679. The summed E-state index contributed by atoms with van der Waals surface area (Å²) in [5, 5.41) is 0. The third-order valence-electron chi connectivity index (χ3n) is 5.36. The highest BCUT2D eigenvalue weighted by atomic mass is 16.5. The third kappa shape index (κ3) is 4.67. The van der Waals surface area contributed by atoms with Crippen LogP contribution in [-0.2, 0) is 0 Å². The lowest BCUT2D eigenvalue weighted by molar-refractivity contribution is 0.307. The van der Waals surface area contributed by atoms with Crippen LogP contribution in [0.2, 0.25) is 0 Å². The molecule has 1 aliphatic rings. The lowest BCUT2D eigenvalue weighted by Gasteiger charge is -2.28. The van der Waals surface area contributed by atoms with Crippen LogP contribution in [0.3, 0.4) is 0 Å². The van der Waals surface area contributed by atoms with Crippen molar-refractivity contribution < 1.29 is 4.74 Å². The molecule has 25 heavy (non-hydrogen) atoms. The lowest BCUT2D eigenvalue weighted by Crippen LogP contribution is -2.13. The van der Waals surface area contributed by atoms with E-state index in [1.54, 1.807) is 7.11 Å². The molecule has 1 fully saturated rings. The van der Waals surface area contributed by atoms with Crippen molar-refractivity contribution in [1.29, 1.82) is 0 Å². The summed E-state index contributed by atoms with van der Waals surface area (Å²) < 4.78 is 5.62. The second-order valence-electron chi connectivity index (χ2n) is 7.08. The van der Waals surface area contributed by atoms with Crippen molar-refractivity contribution in [1.82, 2.24) is 0 Å². The molecular weight excluding hydrogens is 304 g/mol. The van der Waals surface area contributed by atoms with E-state index in [4.69, 9.17) is 4.74 Å². The summed E-state index contributed by atoms with van der Waals surface area (Å²) in [5.74, 6) is 9.01. The van der Waals surface area contributed by atoms with Crippen molar-refractivity contribution in [3.05, 3.63) is 65.2 Å². The Hall–Kier alpha value is -2.20. The van der Waals surface area contributed by atoms with Gasteiger partial charge >= 0.3 is 0 Å². The van der Waals surface area contributed by atoms with Crippen LogP contribution in [0.15, 0.2) is 48.5 Å². The Labute approximate surface area is 152 Å². The Morgan fingerprint density at radius 2 is 1.72 bits per heavy atom. The quantitative estimate of drug-likeness (QED) is 0.608. The average molecular weight is 332 g/mol. The van der Waals surface area contributed by atoms with Crippen LogP contribution < -0.4 is 4.74 Å². The van der Waals surface area contributed by atoms with Crippen LogP contribution >= 0.6 is 0 Å². The number of rotatable bonds is 4. The van der Waals surface area contributed by atoms with Crippen molar-refractivity contribution >= 4 is 0 Å². The summed E-state index contributed by atoms with van der Waals surface area (Å²) in [6.45, 7) is 2.30. The Morgan fingerprint density at radius 3 is 2.40 bits per heavy atom. The van der Waals surface area contributed by atoms with Crippen LogP contribution in [0.4, 0.5) is 0 Å². The smallest absolute Gasteiger partial charge is 0.134 e. The molecule has 0 aromatic heterocycles. The molecule has 2 aromatic rings. The Bertz CT molecular complexity index is 728. The predicted octanol–water partition coefficient (Wildman–Crippen LogP) is 6.17. The fraction of sp³-hybridized carbons (Fsp3) is 0.417. The Morgan fingerprint density at radius 1 is 0.960 bits per heavy atom. The zero-order chi connectivity index (χ0) is 17.5. The summed E-state index contributed by atoms with van der Waals surface area (Å²) in [7, 11) is 1.74. The summed E-state index contributed by atoms with van der Waals surface area (Å²) in [5.41, 5.74) is 3.41. The molecule has 1 aliphatic carbocycles. The van der Waals surface area contributed by atoms with Crippen LogP contribution in [0.1, 0.15) is 68.1 Å². The monoisotopic (exact) mass is 332 g/mol. The molecule has 0 aliphatic heterocycles. The van der Waals surface area contributed by atoms with Crippen molar-refractivity contribution in [3.63, 3.8) is 0 Å². The van der Waals surface area contributed by atoms with Crippen LogP contribution in [0.5, 0.6) is 5.75 Å². The highest BCUT2D eigenvalue weighted by molar-refractivity contribution is 5.51. The third-order valence-corrected chi connectivity index (χ3v) is 5.36. The van der Waals surface area contributed by atoms with Gasteiger partial charge in [0.05, 0.1) is 12.7 Å². The SMILES string of the molecule is CCC[C@H]1CC[C@H](c2ccc(C#Cc3ccccc3)c(OC)c2)CC1. The molecular formula is C24H28O. The second-order valence-corrected chi connectivity index (χ2v) is 7.08. The molecule has 0 N–H and O–H groups in total. The van der Waals surface area contributed by atoms with E-state index in [2.05, 4.69) is 37.0 Å². The average Bonchev–Trinajstić information content (AvgIpc) is 2.68. The van der Waals surface area contributed by atoms with Gasteiger partial charge in [-0.25, -0.2) is 0 Å². The first-order valence-electron chi connectivity index (χ1n) is 9.55. The van der Waals surface area contributed by atoms with Crippen molar-refractivity contribution in [2.75, 3.05) is 7.11 Å². The van der Waals surface area contributed by atoms with E-state index in [-0.39, 0.29) is 0 Å². The Kier molecular flexibility index (Phi) is 6.18. The molecule has 0 spiro atoms. The van der Waals surface area contributed by atoms with E-state index in [1.165, 1.54) is 44.1 Å². The van der Waals surface area contributed by atoms with Gasteiger partial charge in [0, 0.05) is 5.56 Å². The van der Waals surface area contributed by atoms with E-state index in [0.717, 1.165) is 22.8 Å². The van der Waals surface area contributed by atoms with Gasteiger partial charge in [0.25, 0.3) is 0 Å². The normalized spacial score (nSPS) is 19.8. The molecule has 0 amide bonds. The van der Waals surface area contributed by atoms with E-state index in [1.807, 2.05) is 30.3 Å². The van der Waals surface area contributed by atoms with Crippen LogP contribution in [0, 0.1) is 17.8 Å². The molecule has 1 heteroatoms. The number of benzene rings is 2. The first kappa shape index (κ1) is 17.6. The van der Waals surface area contributed by atoms with E-state index in [0.29, 0.717) is 5.92 Å². The van der Waals surface area contributed by atoms with Crippen LogP contribution in [0.25, 0.3) is 0 Å². The van der Waals surface area contributed by atoms with E-state index >= 15 is 0 Å². The Balaban J connectivity index is 1.73. The van der Waals surface area contributed by atoms with Gasteiger partial charge < -0.3 is 4.74 Å². The number of hydrogen-bond acceptors (Lipinski definition) is 1. The molecule has 130 valence electrons. The number of methoxy groups -OCH3 is 1. The minimum Gasteiger partial charge on any atom is -0.495 e. The topological polar surface area (TPSA) is 9.23 Å². The summed E-state index contributed by atoms with van der Waals surface area (Å²) in [6, 6.07) is 16.7. The van der Waals surface area contributed by atoms with Crippen molar-refractivity contribution in [2.24, 2.45) is 5.92 Å². The molecule has 0 radical (unpaired) electrons. The van der Waals surface area contributed by atoms with Gasteiger partial charge in [-0.3, -0.25) is 0 Å². The standard InChI is InChI=1S/C24H28O/c1-3-7-19-10-13-21(14-11-19)23-17-16-22(24(18-23)25-2)15-12-20-8-5-4-6-9-20/h4-6,8-9,16-19,21H,3,7,10-11,13-14H2,1-2H3/t19-,21-. The van der Waals surface area contributed by atoms with Crippen LogP contribution in [-0.4, -0.2) is 7.11 Å². The zero-order valence-electron chi connectivity index (χ0n) is 15.4. The highest BCUT2D eigenvalue weighted by Gasteiger charge is 2.22. The van der Waals surface area contributed by atoms with Gasteiger partial charge in [0.15, 0.2) is 0 Å².